The molecular weight excluding hydrogens is 268 g/mol. The summed E-state index contributed by atoms with van der Waals surface area (Å²) in [5, 5.41) is 9.54. The van der Waals surface area contributed by atoms with Crippen LogP contribution in [0.2, 0.25) is 0 Å². The van der Waals surface area contributed by atoms with Crippen LogP contribution in [0.25, 0.3) is 10.7 Å². The first-order valence-electron chi connectivity index (χ1n) is 6.22. The molecule has 0 spiro atoms. The third kappa shape index (κ3) is 2.48. The van der Waals surface area contributed by atoms with Crippen molar-refractivity contribution < 1.29 is 0 Å². The van der Waals surface area contributed by atoms with Crippen molar-refractivity contribution in [2.24, 2.45) is 5.73 Å². The van der Waals surface area contributed by atoms with Gasteiger partial charge in [0.1, 0.15) is 11.7 Å². The quantitative estimate of drug-likeness (QED) is 0.570. The minimum atomic E-state index is 0.0935. The average molecular weight is 282 g/mol. The minimum absolute atomic E-state index is 0.0935. The van der Waals surface area contributed by atoms with E-state index in [1.165, 1.54) is 0 Å². The molecule has 3 N–H and O–H groups in total. The number of imidazole rings is 1. The zero-order chi connectivity index (χ0) is 13.9. The van der Waals surface area contributed by atoms with Gasteiger partial charge in [-0.2, -0.15) is 0 Å². The van der Waals surface area contributed by atoms with E-state index in [9.17, 15) is 0 Å². The Labute approximate surface area is 121 Å². The summed E-state index contributed by atoms with van der Waals surface area (Å²) in [5.41, 5.74) is 7.38. The molecule has 2 heterocycles. The second-order valence-electron chi connectivity index (χ2n) is 4.47. The highest BCUT2D eigenvalue weighted by molar-refractivity contribution is 7.13. The van der Waals surface area contributed by atoms with E-state index in [0.29, 0.717) is 6.54 Å². The fourth-order valence-electron chi connectivity index (χ4n) is 2.10. The Morgan fingerprint density at radius 2 is 2.20 bits per heavy atom. The molecule has 100 valence electrons. The van der Waals surface area contributed by atoms with E-state index in [1.54, 1.807) is 11.3 Å². The Morgan fingerprint density at radius 3 is 2.95 bits per heavy atom. The average Bonchev–Trinajstić information content (AvgIpc) is 3.09. The molecule has 0 saturated heterocycles. The molecule has 0 aliphatic heterocycles. The number of nitrogens with one attached hydrogen (secondary N) is 1. The number of nitrogen functional groups attached to an aromatic ring is 1. The lowest BCUT2D eigenvalue weighted by molar-refractivity contribution is 0.808. The Morgan fingerprint density at radius 1 is 1.30 bits per heavy atom. The Balaban J connectivity index is 1.91. The van der Waals surface area contributed by atoms with E-state index < -0.39 is 0 Å². The molecule has 0 atom stereocenters. The third-order valence-corrected chi connectivity index (χ3v) is 3.91. The molecule has 0 unspecified atom stereocenters. The smallest absolute Gasteiger partial charge is 0.150 e. The molecule has 20 heavy (non-hydrogen) atoms. The summed E-state index contributed by atoms with van der Waals surface area (Å²) in [5.74, 6) is 1.06. The van der Waals surface area contributed by atoms with Crippen molar-refractivity contribution in [3.05, 3.63) is 65.3 Å². The number of benzene rings is 1. The monoisotopic (exact) mass is 282 g/mol. The molecule has 3 aromatic rings. The van der Waals surface area contributed by atoms with Gasteiger partial charge in [-0.1, -0.05) is 24.3 Å². The van der Waals surface area contributed by atoms with Gasteiger partial charge in [0.2, 0.25) is 0 Å². The number of thiophene rings is 1. The molecule has 0 bridgehead atoms. The lowest BCUT2D eigenvalue weighted by Crippen LogP contribution is -2.11. The molecule has 0 aliphatic carbocycles. The van der Waals surface area contributed by atoms with Crippen LogP contribution < -0.4 is 5.73 Å². The van der Waals surface area contributed by atoms with E-state index >= 15 is 0 Å². The normalized spacial score (nSPS) is 10.6. The van der Waals surface area contributed by atoms with Crippen molar-refractivity contribution in [1.82, 2.24) is 9.55 Å². The van der Waals surface area contributed by atoms with Crippen molar-refractivity contribution >= 4 is 17.2 Å². The fraction of sp³-hybridized carbons (Fsp3) is 0.0667. The summed E-state index contributed by atoms with van der Waals surface area (Å²) >= 11 is 1.68. The molecule has 0 aliphatic rings. The van der Waals surface area contributed by atoms with Crippen LogP contribution in [0.15, 0.2) is 54.2 Å². The van der Waals surface area contributed by atoms with Crippen LogP contribution in [0, 0.1) is 5.41 Å². The van der Waals surface area contributed by atoms with E-state index in [0.717, 1.165) is 21.8 Å². The number of aromatic nitrogens is 2. The van der Waals surface area contributed by atoms with Crippen LogP contribution in [-0.4, -0.2) is 15.4 Å². The fourth-order valence-corrected chi connectivity index (χ4v) is 2.84. The predicted molar refractivity (Wildman–Crippen MR) is 82.1 cm³/mol. The second kappa shape index (κ2) is 5.30. The van der Waals surface area contributed by atoms with Crippen LogP contribution in [0.5, 0.6) is 0 Å². The van der Waals surface area contributed by atoms with Gasteiger partial charge in [0.15, 0.2) is 0 Å². The molecule has 2 aromatic heterocycles. The zero-order valence-electron chi connectivity index (χ0n) is 10.8. The molecule has 5 heteroatoms. The number of nitrogens with two attached hydrogens (primary N) is 1. The molecule has 0 saturated carbocycles. The Kier molecular flexibility index (Phi) is 3.35. The first kappa shape index (κ1) is 12.6. The molecule has 3 rings (SSSR count). The van der Waals surface area contributed by atoms with Gasteiger partial charge in [0, 0.05) is 24.5 Å². The summed E-state index contributed by atoms with van der Waals surface area (Å²) in [6.07, 6.45) is 3.78. The van der Waals surface area contributed by atoms with Crippen LogP contribution in [-0.2, 0) is 6.54 Å². The first-order valence-corrected chi connectivity index (χ1v) is 7.10. The highest BCUT2D eigenvalue weighted by Gasteiger charge is 2.07. The highest BCUT2D eigenvalue weighted by Crippen LogP contribution is 2.23. The number of nitrogens with zero attached hydrogens (tertiary/aromatic N) is 2. The number of hydrogen-bond acceptors (Lipinski definition) is 3. The molecule has 0 radical (unpaired) electrons. The number of hydrogen-bond donors (Lipinski definition) is 2. The van der Waals surface area contributed by atoms with Gasteiger partial charge in [0.25, 0.3) is 0 Å². The number of amidine groups is 1. The maximum absolute atomic E-state index is 7.50. The first-order chi connectivity index (χ1) is 9.74. The van der Waals surface area contributed by atoms with Gasteiger partial charge < -0.3 is 10.3 Å². The van der Waals surface area contributed by atoms with Crippen molar-refractivity contribution in [2.45, 2.75) is 6.54 Å². The molecular formula is C15H14N4S. The largest absolute Gasteiger partial charge is 0.384 e. The van der Waals surface area contributed by atoms with Crippen LogP contribution in [0.3, 0.4) is 0 Å². The topological polar surface area (TPSA) is 67.7 Å². The molecule has 0 amide bonds. The van der Waals surface area contributed by atoms with Crippen LogP contribution in [0.1, 0.15) is 11.1 Å². The summed E-state index contributed by atoms with van der Waals surface area (Å²) in [4.78, 5) is 5.57. The van der Waals surface area contributed by atoms with E-state index in [2.05, 4.69) is 15.6 Å². The van der Waals surface area contributed by atoms with Gasteiger partial charge in [-0.3, -0.25) is 5.41 Å². The van der Waals surface area contributed by atoms with Crippen molar-refractivity contribution in [3.63, 3.8) is 0 Å². The second-order valence-corrected chi connectivity index (χ2v) is 5.42. The van der Waals surface area contributed by atoms with Gasteiger partial charge in [-0.15, -0.1) is 11.3 Å². The standard InChI is InChI=1S/C15H14N4S/c16-14(17)12-4-1-3-11(9-12)10-19-7-6-18-15(19)13-5-2-8-20-13/h1-9H,10H2,(H3,16,17). The zero-order valence-corrected chi connectivity index (χ0v) is 11.6. The third-order valence-electron chi connectivity index (χ3n) is 3.05. The minimum Gasteiger partial charge on any atom is -0.384 e. The SMILES string of the molecule is N=C(N)c1cccc(Cn2ccnc2-c2cccs2)c1. The van der Waals surface area contributed by atoms with Crippen LogP contribution >= 0.6 is 11.3 Å². The van der Waals surface area contributed by atoms with Gasteiger partial charge in [-0.25, -0.2) is 4.98 Å². The van der Waals surface area contributed by atoms with Gasteiger partial charge in [-0.05, 0) is 23.1 Å². The van der Waals surface area contributed by atoms with E-state index in [4.69, 9.17) is 11.1 Å². The van der Waals surface area contributed by atoms with Crippen molar-refractivity contribution in [2.75, 3.05) is 0 Å². The van der Waals surface area contributed by atoms with Crippen LogP contribution in [0.4, 0.5) is 0 Å². The number of rotatable bonds is 4. The summed E-state index contributed by atoms with van der Waals surface area (Å²) in [7, 11) is 0. The lowest BCUT2D eigenvalue weighted by atomic mass is 10.1. The summed E-state index contributed by atoms with van der Waals surface area (Å²) in [6, 6.07) is 11.8. The summed E-state index contributed by atoms with van der Waals surface area (Å²) < 4.78 is 2.10. The Bertz CT molecular complexity index is 728. The lowest BCUT2D eigenvalue weighted by Gasteiger charge is -2.08. The van der Waals surface area contributed by atoms with Gasteiger partial charge in [0.05, 0.1) is 4.88 Å². The van der Waals surface area contributed by atoms with Gasteiger partial charge >= 0.3 is 0 Å². The Hall–Kier alpha value is -2.40. The molecule has 1 aromatic carbocycles. The molecule has 0 fully saturated rings. The summed E-state index contributed by atoms with van der Waals surface area (Å²) in [6.45, 7) is 0.717. The van der Waals surface area contributed by atoms with E-state index in [-0.39, 0.29) is 5.84 Å². The van der Waals surface area contributed by atoms with Crippen molar-refractivity contribution in [1.29, 1.82) is 5.41 Å². The highest BCUT2D eigenvalue weighted by atomic mass is 32.1. The maximum atomic E-state index is 7.50. The van der Waals surface area contributed by atoms with E-state index in [1.807, 2.05) is 48.1 Å². The predicted octanol–water partition coefficient (Wildman–Crippen LogP) is 2.94. The van der Waals surface area contributed by atoms with Crippen molar-refractivity contribution in [3.8, 4) is 10.7 Å². The molecule has 4 nitrogen and oxygen atoms in total. The maximum Gasteiger partial charge on any atom is 0.150 e.